The summed E-state index contributed by atoms with van der Waals surface area (Å²) in [5, 5.41) is 11.6. The van der Waals surface area contributed by atoms with E-state index in [2.05, 4.69) is 47.4 Å². The zero-order chi connectivity index (χ0) is 29.5. The first-order valence-corrected chi connectivity index (χ1v) is 14.6. The number of hydrogen-bond acceptors (Lipinski definition) is 9. The smallest absolute Gasteiger partial charge is 0.387 e. The van der Waals surface area contributed by atoms with Crippen LogP contribution in [0, 0.1) is 0 Å². The summed E-state index contributed by atoms with van der Waals surface area (Å²) in [7, 11) is 5.87. The molecule has 2 N–H and O–H groups in total. The second-order valence-corrected chi connectivity index (χ2v) is 10.9. The van der Waals surface area contributed by atoms with Crippen molar-refractivity contribution >= 4 is 16.7 Å². The largest absolute Gasteiger partial charge is 0.433 e. The second kappa shape index (κ2) is 14.1. The van der Waals surface area contributed by atoms with Gasteiger partial charge in [0.2, 0.25) is 0 Å². The zero-order valence-electron chi connectivity index (χ0n) is 24.6. The van der Waals surface area contributed by atoms with Crippen LogP contribution < -0.4 is 10.6 Å². The minimum absolute atomic E-state index is 0.0957. The molecule has 4 heterocycles. The highest BCUT2D eigenvalue weighted by atomic mass is 19.3. The molecule has 0 unspecified atom stereocenters. The van der Waals surface area contributed by atoms with Crippen molar-refractivity contribution in [2.24, 2.45) is 7.05 Å². The molecule has 0 radical (unpaired) electrons. The molecule has 1 aromatic carbocycles. The summed E-state index contributed by atoms with van der Waals surface area (Å²) in [5.41, 5.74) is 3.05. The second-order valence-electron chi connectivity index (χ2n) is 10.9. The summed E-state index contributed by atoms with van der Waals surface area (Å²) in [6, 6.07) is 8.38. The minimum Gasteiger partial charge on any atom is -0.433 e. The van der Waals surface area contributed by atoms with E-state index in [9.17, 15) is 8.78 Å². The number of anilines is 1. The number of halogens is 2. The number of ether oxygens (including phenoxy) is 1. The van der Waals surface area contributed by atoms with Gasteiger partial charge in [0.1, 0.15) is 17.9 Å². The number of benzene rings is 1. The number of hydrogen-bond donors (Lipinski definition) is 2. The fraction of sp³-hybridized carbons (Fsp3) is 0.500. The van der Waals surface area contributed by atoms with Gasteiger partial charge in [-0.2, -0.15) is 13.9 Å². The Morgan fingerprint density at radius 1 is 1.05 bits per heavy atom. The third-order valence-electron chi connectivity index (χ3n) is 8.11. The summed E-state index contributed by atoms with van der Waals surface area (Å²) in [4.78, 5) is 16.1. The highest BCUT2D eigenvalue weighted by Crippen LogP contribution is 2.26. The van der Waals surface area contributed by atoms with Crippen LogP contribution in [0.1, 0.15) is 12.8 Å². The molecular weight excluding hydrogens is 540 g/mol. The molecule has 10 nitrogen and oxygen atoms in total. The maximum Gasteiger partial charge on any atom is 0.387 e. The molecule has 3 aromatic rings. The number of aryl methyl sites for hydroxylation is 1. The molecule has 226 valence electrons. The lowest BCUT2D eigenvalue weighted by Gasteiger charge is -2.42. The molecule has 0 spiro atoms. The van der Waals surface area contributed by atoms with E-state index in [1.54, 1.807) is 25.3 Å². The van der Waals surface area contributed by atoms with E-state index in [1.807, 2.05) is 36.1 Å². The Kier molecular flexibility index (Phi) is 10.1. The van der Waals surface area contributed by atoms with Crippen molar-refractivity contribution < 1.29 is 13.5 Å². The minimum atomic E-state index is -2.95. The van der Waals surface area contributed by atoms with Gasteiger partial charge in [0.15, 0.2) is 0 Å². The van der Waals surface area contributed by atoms with E-state index >= 15 is 0 Å². The van der Waals surface area contributed by atoms with Crippen LogP contribution in [0.3, 0.4) is 0 Å². The van der Waals surface area contributed by atoms with Crippen molar-refractivity contribution in [1.82, 2.24) is 39.8 Å². The number of nitrogens with one attached hydrogen (secondary N) is 2. The monoisotopic (exact) mass is 581 g/mol. The number of alkyl halides is 2. The molecule has 0 aliphatic carbocycles. The Morgan fingerprint density at radius 3 is 2.57 bits per heavy atom. The van der Waals surface area contributed by atoms with Crippen molar-refractivity contribution in [1.29, 1.82) is 0 Å². The highest BCUT2D eigenvalue weighted by molar-refractivity contribution is 5.84. The van der Waals surface area contributed by atoms with Crippen molar-refractivity contribution in [3.05, 3.63) is 60.4 Å². The van der Waals surface area contributed by atoms with Gasteiger partial charge < -0.3 is 20.3 Å². The summed E-state index contributed by atoms with van der Waals surface area (Å²) in [6.45, 7) is 4.33. The van der Waals surface area contributed by atoms with Crippen LogP contribution in [0.5, 0.6) is 0 Å². The Bertz CT molecular complexity index is 1380. The lowest BCUT2D eigenvalue weighted by Crippen LogP contribution is -2.52. The Labute approximate surface area is 246 Å². The molecular formula is C30H41F2N9O. The topological polar surface area (TPSA) is 86.6 Å². The van der Waals surface area contributed by atoms with Crippen LogP contribution in [0.25, 0.3) is 22.2 Å². The Morgan fingerprint density at radius 2 is 1.83 bits per heavy atom. The summed E-state index contributed by atoms with van der Waals surface area (Å²) >= 11 is 0. The molecule has 0 amide bonds. The molecule has 5 rings (SSSR count). The van der Waals surface area contributed by atoms with Gasteiger partial charge in [-0.1, -0.05) is 6.07 Å². The van der Waals surface area contributed by atoms with E-state index in [-0.39, 0.29) is 5.76 Å². The molecule has 0 saturated carbocycles. The maximum absolute atomic E-state index is 13.6. The molecule has 2 saturated heterocycles. The average molecular weight is 582 g/mol. The quantitative estimate of drug-likeness (QED) is 0.262. The van der Waals surface area contributed by atoms with Gasteiger partial charge in [-0.3, -0.25) is 14.5 Å². The first-order chi connectivity index (χ1) is 20.4. The third kappa shape index (κ3) is 7.68. The number of piperazine rings is 1. The normalized spacial score (nSPS) is 18.7. The number of likely N-dealkylation sites (tertiary alicyclic amines) is 1. The Hall–Kier alpha value is -3.45. The van der Waals surface area contributed by atoms with Gasteiger partial charge in [0, 0.05) is 69.4 Å². The third-order valence-corrected chi connectivity index (χ3v) is 8.11. The van der Waals surface area contributed by atoms with E-state index < -0.39 is 6.61 Å². The number of fused-ring (bicyclic) bond motifs is 1. The number of piperidine rings is 1. The van der Waals surface area contributed by atoms with Crippen molar-refractivity contribution in [2.45, 2.75) is 25.5 Å². The summed E-state index contributed by atoms with van der Waals surface area (Å²) in [5.74, 6) is 0.573. The van der Waals surface area contributed by atoms with Crippen LogP contribution >= 0.6 is 0 Å². The molecule has 0 atom stereocenters. The van der Waals surface area contributed by atoms with Gasteiger partial charge in [0.05, 0.1) is 23.1 Å². The van der Waals surface area contributed by atoms with Gasteiger partial charge in [-0.25, -0.2) is 9.97 Å². The Balaban J connectivity index is 1.28. The van der Waals surface area contributed by atoms with E-state index in [0.29, 0.717) is 36.3 Å². The van der Waals surface area contributed by atoms with Crippen LogP contribution in [-0.2, 0) is 11.8 Å². The zero-order valence-corrected chi connectivity index (χ0v) is 24.6. The van der Waals surface area contributed by atoms with Crippen molar-refractivity contribution in [3.8, 4) is 11.3 Å². The number of aromatic nitrogens is 4. The van der Waals surface area contributed by atoms with Crippen molar-refractivity contribution in [3.63, 3.8) is 0 Å². The fourth-order valence-corrected chi connectivity index (χ4v) is 5.65. The summed E-state index contributed by atoms with van der Waals surface area (Å²) in [6.07, 6.45) is 8.97. The highest BCUT2D eigenvalue weighted by Gasteiger charge is 2.26. The maximum atomic E-state index is 13.6. The number of likely N-dealkylation sites (N-methyl/N-ethyl adjacent to an activating group) is 2. The number of nitrogens with zero attached hydrogens (tertiary/aromatic N) is 7. The molecule has 42 heavy (non-hydrogen) atoms. The van der Waals surface area contributed by atoms with Gasteiger partial charge in [-0.05, 0) is 64.3 Å². The molecule has 2 aromatic heterocycles. The van der Waals surface area contributed by atoms with Gasteiger partial charge >= 0.3 is 6.61 Å². The lowest BCUT2D eigenvalue weighted by molar-refractivity contribution is -0.0936. The molecule has 12 heteroatoms. The van der Waals surface area contributed by atoms with E-state index in [0.717, 1.165) is 68.6 Å². The fourth-order valence-electron chi connectivity index (χ4n) is 5.65. The van der Waals surface area contributed by atoms with E-state index in [1.165, 1.54) is 6.33 Å². The predicted molar refractivity (Wildman–Crippen MR) is 161 cm³/mol. The average Bonchev–Trinajstić information content (AvgIpc) is 3.38. The molecule has 2 fully saturated rings. The predicted octanol–water partition coefficient (Wildman–Crippen LogP) is 3.38. The van der Waals surface area contributed by atoms with Gasteiger partial charge in [-0.15, -0.1) is 0 Å². The molecule has 2 aliphatic rings. The lowest BCUT2D eigenvalue weighted by atomic mass is 10.0. The van der Waals surface area contributed by atoms with Crippen LogP contribution in [0.4, 0.5) is 14.6 Å². The van der Waals surface area contributed by atoms with Gasteiger partial charge in [0.25, 0.3) is 0 Å². The summed E-state index contributed by atoms with van der Waals surface area (Å²) < 4.78 is 34.0. The first-order valence-electron chi connectivity index (χ1n) is 14.6. The van der Waals surface area contributed by atoms with Crippen molar-refractivity contribution in [2.75, 3.05) is 71.8 Å². The van der Waals surface area contributed by atoms with Crippen LogP contribution in [0.2, 0.25) is 0 Å². The first kappa shape index (κ1) is 30.0. The van der Waals surface area contributed by atoms with Crippen LogP contribution in [-0.4, -0.2) is 114 Å². The molecule has 0 bridgehead atoms. The molecule has 2 aliphatic heterocycles. The number of rotatable bonds is 11. The van der Waals surface area contributed by atoms with Crippen LogP contribution in [0.15, 0.2) is 60.4 Å². The van der Waals surface area contributed by atoms with E-state index in [4.69, 9.17) is 4.74 Å². The standard InChI is InChI=1S/C30H41F2N9O/c1-33-10-6-25(37-29-19-26(34-21-35-29)22-4-5-27-23(18-22)20-36-39(27)3)28(42-30(31)32)9-13-40-11-7-24(8-12-40)41-16-14-38(2)15-17-41/h4-6,9,18-21,24,30,33H,7-8,10-17H2,1-3H3,(H,34,35,37)/b25-6+,28-9+. The SMILES string of the molecule is CNC/C=C(Nc1cc(-c2ccc3c(cnn3C)c2)ncn1)\C(=C/CN1CCC(N2CCN(C)CC2)CC1)OC(F)F.